The normalized spacial score (nSPS) is 13.8. The van der Waals surface area contributed by atoms with Crippen LogP contribution in [0.1, 0.15) is 78.1 Å². The summed E-state index contributed by atoms with van der Waals surface area (Å²) >= 11 is 11.8. The number of carbonyl (C=O) groups is 1. The zero-order valence-corrected chi connectivity index (χ0v) is 14.2. The number of unbranched alkanes of at least 4 members (excludes halogenated alkanes) is 6. The molecule has 0 heterocycles. The lowest BCUT2D eigenvalue weighted by atomic mass is 10.2. The molecule has 0 aromatic heterocycles. The van der Waals surface area contributed by atoms with E-state index >= 15 is 0 Å². The molecule has 0 rings (SSSR count). The Morgan fingerprint density at radius 1 is 0.800 bits per heavy atom. The summed E-state index contributed by atoms with van der Waals surface area (Å²) in [5.74, 6) is 0. The van der Waals surface area contributed by atoms with Gasteiger partial charge >= 0.3 is 6.16 Å². The maximum atomic E-state index is 11.4. The second-order valence-electron chi connectivity index (χ2n) is 5.00. The van der Waals surface area contributed by atoms with Gasteiger partial charge in [0, 0.05) is 0 Å². The Kier molecular flexibility index (Phi) is 13.7. The van der Waals surface area contributed by atoms with Crippen molar-refractivity contribution in [1.82, 2.24) is 0 Å². The number of hydrogen-bond donors (Lipinski definition) is 0. The van der Waals surface area contributed by atoms with E-state index in [0.29, 0.717) is 12.8 Å². The van der Waals surface area contributed by atoms with Gasteiger partial charge in [0.25, 0.3) is 0 Å². The van der Waals surface area contributed by atoms with E-state index in [4.69, 9.17) is 32.7 Å². The van der Waals surface area contributed by atoms with Crippen molar-refractivity contribution >= 4 is 29.4 Å². The highest BCUT2D eigenvalue weighted by Crippen LogP contribution is 2.15. The van der Waals surface area contributed by atoms with Gasteiger partial charge in [0.2, 0.25) is 0 Å². The molecule has 2 unspecified atom stereocenters. The third-order valence-electron chi connectivity index (χ3n) is 3.02. The highest BCUT2D eigenvalue weighted by Gasteiger charge is 2.16. The van der Waals surface area contributed by atoms with E-state index in [9.17, 15) is 4.79 Å². The summed E-state index contributed by atoms with van der Waals surface area (Å²) in [6.45, 7) is 4.29. The van der Waals surface area contributed by atoms with Crippen molar-refractivity contribution < 1.29 is 14.3 Å². The molecular weight excluding hydrogens is 299 g/mol. The topological polar surface area (TPSA) is 35.5 Å². The maximum Gasteiger partial charge on any atom is 0.511 e. The summed E-state index contributed by atoms with van der Waals surface area (Å²) in [5.41, 5.74) is -1.24. The van der Waals surface area contributed by atoms with Crippen LogP contribution in [0.4, 0.5) is 4.79 Å². The fourth-order valence-electron chi connectivity index (χ4n) is 1.82. The van der Waals surface area contributed by atoms with E-state index in [1.165, 1.54) is 25.7 Å². The molecule has 0 aliphatic rings. The molecule has 0 aliphatic carbocycles. The monoisotopic (exact) mass is 326 g/mol. The van der Waals surface area contributed by atoms with E-state index in [0.717, 1.165) is 25.7 Å². The van der Waals surface area contributed by atoms with Gasteiger partial charge in [-0.15, -0.1) is 0 Å². The molecule has 0 bridgehead atoms. The SMILES string of the molecule is CCCCCCC(Cl)OC(=O)OC(Cl)CCCCCC. The van der Waals surface area contributed by atoms with Crippen molar-refractivity contribution in [2.75, 3.05) is 0 Å². The first kappa shape index (κ1) is 19.9. The van der Waals surface area contributed by atoms with E-state index < -0.39 is 17.3 Å². The summed E-state index contributed by atoms with van der Waals surface area (Å²) in [6, 6.07) is 0. The third kappa shape index (κ3) is 12.9. The molecule has 0 fully saturated rings. The molecule has 0 N–H and O–H groups in total. The van der Waals surface area contributed by atoms with Gasteiger partial charge < -0.3 is 9.47 Å². The van der Waals surface area contributed by atoms with Crippen LogP contribution in [0.15, 0.2) is 0 Å². The van der Waals surface area contributed by atoms with Gasteiger partial charge in [0.05, 0.1) is 0 Å². The number of rotatable bonds is 12. The smallest absolute Gasteiger partial charge is 0.415 e. The molecule has 0 aromatic rings. The lowest BCUT2D eigenvalue weighted by Crippen LogP contribution is -2.18. The van der Waals surface area contributed by atoms with Gasteiger partial charge in [-0.25, -0.2) is 4.79 Å². The van der Waals surface area contributed by atoms with Crippen LogP contribution in [0.5, 0.6) is 0 Å². The third-order valence-corrected chi connectivity index (χ3v) is 3.63. The molecule has 0 aromatic carbocycles. The van der Waals surface area contributed by atoms with E-state index in [2.05, 4.69) is 13.8 Å². The van der Waals surface area contributed by atoms with Gasteiger partial charge in [-0.2, -0.15) is 0 Å². The summed E-state index contributed by atoms with van der Waals surface area (Å²) in [7, 11) is 0. The molecular formula is C15H28Cl2O3. The number of hydrogen-bond acceptors (Lipinski definition) is 3. The van der Waals surface area contributed by atoms with Crippen LogP contribution >= 0.6 is 23.2 Å². The van der Waals surface area contributed by atoms with E-state index in [1.54, 1.807) is 0 Å². The Bertz CT molecular complexity index is 215. The number of halogens is 2. The van der Waals surface area contributed by atoms with Crippen LogP contribution in [0.2, 0.25) is 0 Å². The molecule has 0 spiro atoms. The molecule has 0 amide bonds. The van der Waals surface area contributed by atoms with Crippen molar-refractivity contribution in [3.05, 3.63) is 0 Å². The van der Waals surface area contributed by atoms with Gasteiger partial charge in [0.15, 0.2) is 11.1 Å². The van der Waals surface area contributed by atoms with Crippen molar-refractivity contribution in [1.29, 1.82) is 0 Å². The minimum absolute atomic E-state index is 0.622. The first-order valence-electron chi connectivity index (χ1n) is 7.75. The van der Waals surface area contributed by atoms with Crippen LogP contribution in [0.3, 0.4) is 0 Å². The molecule has 0 aliphatic heterocycles. The molecule has 5 heteroatoms. The molecule has 0 saturated heterocycles. The first-order valence-corrected chi connectivity index (χ1v) is 8.62. The minimum Gasteiger partial charge on any atom is -0.415 e. The van der Waals surface area contributed by atoms with Crippen molar-refractivity contribution in [3.8, 4) is 0 Å². The first-order chi connectivity index (χ1) is 9.60. The van der Waals surface area contributed by atoms with Crippen LogP contribution in [-0.2, 0) is 9.47 Å². The summed E-state index contributed by atoms with van der Waals surface area (Å²) in [4.78, 5) is 11.4. The quantitative estimate of drug-likeness (QED) is 0.243. The maximum absolute atomic E-state index is 11.4. The minimum atomic E-state index is -0.768. The van der Waals surface area contributed by atoms with Crippen molar-refractivity contribution in [2.24, 2.45) is 0 Å². The van der Waals surface area contributed by atoms with Crippen molar-refractivity contribution in [3.63, 3.8) is 0 Å². The number of alkyl halides is 2. The Hall–Kier alpha value is -0.150. The van der Waals surface area contributed by atoms with Crippen molar-refractivity contribution in [2.45, 2.75) is 89.2 Å². The molecule has 20 heavy (non-hydrogen) atoms. The van der Waals surface area contributed by atoms with Gasteiger partial charge in [0.1, 0.15) is 0 Å². The zero-order valence-electron chi connectivity index (χ0n) is 12.7. The fourth-order valence-corrected chi connectivity index (χ4v) is 2.27. The second kappa shape index (κ2) is 13.8. The largest absolute Gasteiger partial charge is 0.511 e. The Morgan fingerprint density at radius 2 is 1.20 bits per heavy atom. The van der Waals surface area contributed by atoms with Gasteiger partial charge in [-0.05, 0) is 25.7 Å². The summed E-state index contributed by atoms with van der Waals surface area (Å²) < 4.78 is 9.90. The molecule has 120 valence electrons. The van der Waals surface area contributed by atoms with Crippen LogP contribution in [-0.4, -0.2) is 17.3 Å². The van der Waals surface area contributed by atoms with E-state index in [-0.39, 0.29) is 0 Å². The van der Waals surface area contributed by atoms with E-state index in [1.807, 2.05) is 0 Å². The lowest BCUT2D eigenvalue weighted by molar-refractivity contribution is 0.0324. The lowest BCUT2D eigenvalue weighted by Gasteiger charge is -2.14. The Balaban J connectivity index is 3.59. The average molecular weight is 327 g/mol. The average Bonchev–Trinajstić information content (AvgIpc) is 2.39. The predicted molar refractivity (Wildman–Crippen MR) is 84.4 cm³/mol. The molecule has 0 radical (unpaired) electrons. The highest BCUT2D eigenvalue weighted by molar-refractivity contribution is 6.20. The molecule has 3 nitrogen and oxygen atoms in total. The second-order valence-corrected chi connectivity index (χ2v) is 5.98. The van der Waals surface area contributed by atoms with Crippen LogP contribution in [0.25, 0.3) is 0 Å². The Morgan fingerprint density at radius 3 is 1.55 bits per heavy atom. The van der Waals surface area contributed by atoms with Crippen LogP contribution in [0, 0.1) is 0 Å². The predicted octanol–water partition coefficient (Wildman–Crippen LogP) is 6.21. The molecule has 0 saturated carbocycles. The van der Waals surface area contributed by atoms with Gasteiger partial charge in [-0.1, -0.05) is 75.6 Å². The highest BCUT2D eigenvalue weighted by atomic mass is 35.5. The summed E-state index contributed by atoms with van der Waals surface area (Å²) in [5, 5.41) is 0. The van der Waals surface area contributed by atoms with Gasteiger partial charge in [-0.3, -0.25) is 0 Å². The fraction of sp³-hybridized carbons (Fsp3) is 0.933. The Labute approximate surface area is 133 Å². The standard InChI is InChI=1S/C15H28Cl2O3/c1-3-5-7-9-11-13(16)19-15(18)20-14(17)12-10-8-6-4-2/h13-14H,3-12H2,1-2H3. The number of carbonyl (C=O) groups excluding carboxylic acids is 1. The number of ether oxygens (including phenoxy) is 2. The molecule has 2 atom stereocenters. The van der Waals surface area contributed by atoms with Crippen LogP contribution < -0.4 is 0 Å². The zero-order chi connectivity index (χ0) is 15.2. The summed E-state index contributed by atoms with van der Waals surface area (Å²) in [6.07, 6.45) is 9.35.